The first kappa shape index (κ1) is 19.8. The highest BCUT2D eigenvalue weighted by atomic mass is 127. The van der Waals surface area contributed by atoms with Crippen LogP contribution in [0.15, 0.2) is 36.4 Å². The van der Waals surface area contributed by atoms with Gasteiger partial charge in [-0.25, -0.2) is 4.98 Å². The molecule has 3 rings (SSSR count). The molecule has 0 N–H and O–H groups in total. The molecule has 128 valence electrons. The van der Waals surface area contributed by atoms with Crippen molar-refractivity contribution in [1.29, 1.82) is 0 Å². The molecular weight excluding hydrogens is 558 g/mol. The third-order valence-electron chi connectivity index (χ3n) is 3.36. The molecule has 0 aliphatic rings. The molecule has 1 nitrogen and oxygen atoms in total. The van der Waals surface area contributed by atoms with E-state index < -0.39 is 0 Å². The predicted octanol–water partition coefficient (Wildman–Crippen LogP) is 8.94. The van der Waals surface area contributed by atoms with Crippen molar-refractivity contribution in [3.05, 3.63) is 70.1 Å². The van der Waals surface area contributed by atoms with E-state index in [-0.39, 0.29) is 0 Å². The lowest BCUT2D eigenvalue weighted by Crippen LogP contribution is -1.94. The molecule has 0 aliphatic heterocycles. The first-order valence-electron chi connectivity index (χ1n) is 6.74. The average molecular weight is 564 g/mol. The summed E-state index contributed by atoms with van der Waals surface area (Å²) in [5.41, 5.74) is 2.51. The SMILES string of the molecule is Clc1cc(Cl)c(Cl)c(-c2ccc(I)c(-c3cc(Cl)cc(Cl)c3Cl)n2)c1. The summed E-state index contributed by atoms with van der Waals surface area (Å²) in [4.78, 5) is 4.69. The molecule has 0 bridgehead atoms. The summed E-state index contributed by atoms with van der Waals surface area (Å²) < 4.78 is 0.880. The first-order chi connectivity index (χ1) is 11.8. The molecule has 0 spiro atoms. The van der Waals surface area contributed by atoms with E-state index in [4.69, 9.17) is 69.6 Å². The van der Waals surface area contributed by atoms with Gasteiger partial charge in [-0.2, -0.15) is 0 Å². The molecule has 3 aromatic rings. The van der Waals surface area contributed by atoms with Crippen molar-refractivity contribution < 1.29 is 0 Å². The van der Waals surface area contributed by atoms with Crippen molar-refractivity contribution >= 4 is 92.2 Å². The Morgan fingerprint density at radius 3 is 1.80 bits per heavy atom. The van der Waals surface area contributed by atoms with E-state index in [1.807, 2.05) is 12.1 Å². The van der Waals surface area contributed by atoms with Gasteiger partial charge in [0.1, 0.15) is 0 Å². The normalized spacial score (nSPS) is 11.0. The van der Waals surface area contributed by atoms with Crippen molar-refractivity contribution in [2.45, 2.75) is 0 Å². The second-order valence-corrected chi connectivity index (χ2v) is 8.63. The van der Waals surface area contributed by atoms with Gasteiger partial charge < -0.3 is 0 Å². The van der Waals surface area contributed by atoms with Gasteiger partial charge in [0.05, 0.1) is 31.5 Å². The average Bonchev–Trinajstić information content (AvgIpc) is 2.55. The van der Waals surface area contributed by atoms with Gasteiger partial charge in [0.25, 0.3) is 0 Å². The van der Waals surface area contributed by atoms with E-state index >= 15 is 0 Å². The molecule has 0 saturated carbocycles. The number of aromatic nitrogens is 1. The third kappa shape index (κ3) is 4.16. The number of rotatable bonds is 2. The Kier molecular flexibility index (Phi) is 6.32. The van der Waals surface area contributed by atoms with Gasteiger partial charge >= 0.3 is 0 Å². The molecule has 0 amide bonds. The van der Waals surface area contributed by atoms with Crippen LogP contribution in [-0.4, -0.2) is 4.98 Å². The van der Waals surface area contributed by atoms with Crippen LogP contribution in [0.3, 0.4) is 0 Å². The number of hydrogen-bond acceptors (Lipinski definition) is 1. The van der Waals surface area contributed by atoms with E-state index in [0.29, 0.717) is 52.7 Å². The molecular formula is C17H6Cl6IN. The van der Waals surface area contributed by atoms with E-state index in [9.17, 15) is 0 Å². The fourth-order valence-electron chi connectivity index (χ4n) is 2.25. The van der Waals surface area contributed by atoms with Gasteiger partial charge in [0, 0.05) is 24.7 Å². The van der Waals surface area contributed by atoms with Crippen molar-refractivity contribution in [2.75, 3.05) is 0 Å². The van der Waals surface area contributed by atoms with Crippen LogP contribution in [0.25, 0.3) is 22.5 Å². The molecule has 0 radical (unpaired) electrons. The second kappa shape index (κ2) is 7.97. The summed E-state index contributed by atoms with van der Waals surface area (Å²) in [7, 11) is 0. The van der Waals surface area contributed by atoms with Crippen LogP contribution < -0.4 is 0 Å². The lowest BCUT2D eigenvalue weighted by atomic mass is 10.1. The van der Waals surface area contributed by atoms with E-state index in [0.717, 1.165) is 3.57 Å². The van der Waals surface area contributed by atoms with E-state index in [1.54, 1.807) is 24.3 Å². The lowest BCUT2D eigenvalue weighted by molar-refractivity contribution is 1.30. The largest absolute Gasteiger partial charge is 0.247 e. The van der Waals surface area contributed by atoms with Crippen LogP contribution in [0.1, 0.15) is 0 Å². The fourth-order valence-corrected chi connectivity index (χ4v) is 4.23. The standard InChI is InChI=1S/C17H6Cl6IN/c18-7-3-9(15(22)11(20)5-7)14-2-1-13(24)17(25-14)10-4-8(19)6-12(21)16(10)23/h1-6H. The number of pyridine rings is 1. The number of benzene rings is 2. The zero-order valence-electron chi connectivity index (χ0n) is 12.1. The molecule has 1 heterocycles. The number of nitrogens with zero attached hydrogens (tertiary/aromatic N) is 1. The van der Waals surface area contributed by atoms with Crippen LogP contribution in [0.5, 0.6) is 0 Å². The minimum atomic E-state index is 0.356. The summed E-state index contributed by atoms with van der Waals surface area (Å²) in [6.45, 7) is 0. The topological polar surface area (TPSA) is 12.9 Å². The van der Waals surface area contributed by atoms with Crippen LogP contribution in [0.4, 0.5) is 0 Å². The summed E-state index contributed by atoms with van der Waals surface area (Å²) in [6.07, 6.45) is 0. The molecule has 1 aromatic heterocycles. The molecule has 0 atom stereocenters. The quantitative estimate of drug-likeness (QED) is 0.224. The van der Waals surface area contributed by atoms with Gasteiger partial charge in [0.2, 0.25) is 0 Å². The van der Waals surface area contributed by atoms with Crippen LogP contribution in [0.2, 0.25) is 30.1 Å². The third-order valence-corrected chi connectivity index (χ3v) is 6.27. The summed E-state index contributed by atoms with van der Waals surface area (Å²) in [6, 6.07) is 10.3. The minimum Gasteiger partial charge on any atom is -0.247 e. The predicted molar refractivity (Wildman–Crippen MR) is 118 cm³/mol. The van der Waals surface area contributed by atoms with Gasteiger partial charge in [-0.15, -0.1) is 0 Å². The second-order valence-electron chi connectivity index (χ2n) is 5.03. The number of halogens is 7. The molecule has 0 saturated heterocycles. The van der Waals surface area contributed by atoms with Crippen LogP contribution >= 0.6 is 92.2 Å². The minimum absolute atomic E-state index is 0.356. The Labute approximate surface area is 188 Å². The molecule has 25 heavy (non-hydrogen) atoms. The van der Waals surface area contributed by atoms with Crippen molar-refractivity contribution in [3.63, 3.8) is 0 Å². The van der Waals surface area contributed by atoms with E-state index in [2.05, 4.69) is 27.6 Å². The van der Waals surface area contributed by atoms with Crippen LogP contribution in [0, 0.1) is 3.57 Å². The lowest BCUT2D eigenvalue weighted by Gasteiger charge is -2.12. The zero-order chi connectivity index (χ0) is 18.3. The molecule has 0 fully saturated rings. The molecule has 0 unspecified atom stereocenters. The molecule has 0 aliphatic carbocycles. The maximum absolute atomic E-state index is 6.35. The highest BCUT2D eigenvalue weighted by molar-refractivity contribution is 14.1. The smallest absolute Gasteiger partial charge is 0.0858 e. The molecule has 8 heteroatoms. The summed E-state index contributed by atoms with van der Waals surface area (Å²) >= 11 is 39.3. The van der Waals surface area contributed by atoms with Gasteiger partial charge in [-0.3, -0.25) is 0 Å². The Bertz CT molecular complexity index is 989. The van der Waals surface area contributed by atoms with Crippen molar-refractivity contribution in [1.82, 2.24) is 4.98 Å². The van der Waals surface area contributed by atoms with Crippen LogP contribution in [-0.2, 0) is 0 Å². The maximum atomic E-state index is 6.35. The summed E-state index contributed by atoms with van der Waals surface area (Å²) in [5.74, 6) is 0. The Morgan fingerprint density at radius 1 is 0.680 bits per heavy atom. The molecule has 2 aromatic carbocycles. The highest BCUT2D eigenvalue weighted by Gasteiger charge is 2.16. The maximum Gasteiger partial charge on any atom is 0.0858 e. The summed E-state index contributed by atoms with van der Waals surface area (Å²) in [5, 5.41) is 2.40. The Morgan fingerprint density at radius 2 is 1.20 bits per heavy atom. The van der Waals surface area contributed by atoms with E-state index in [1.165, 1.54) is 0 Å². The highest BCUT2D eigenvalue weighted by Crippen LogP contribution is 2.40. The number of hydrogen-bond donors (Lipinski definition) is 0. The Balaban J connectivity index is 2.25. The Hall–Kier alpha value is 0.0600. The van der Waals surface area contributed by atoms with Crippen molar-refractivity contribution in [3.8, 4) is 22.5 Å². The van der Waals surface area contributed by atoms with Gasteiger partial charge in [-0.1, -0.05) is 69.6 Å². The zero-order valence-corrected chi connectivity index (χ0v) is 18.8. The van der Waals surface area contributed by atoms with Gasteiger partial charge in [0.15, 0.2) is 0 Å². The van der Waals surface area contributed by atoms with Crippen molar-refractivity contribution in [2.24, 2.45) is 0 Å². The fraction of sp³-hybridized carbons (Fsp3) is 0. The monoisotopic (exact) mass is 561 g/mol. The van der Waals surface area contributed by atoms with Gasteiger partial charge in [-0.05, 0) is 59.0 Å². The first-order valence-corrected chi connectivity index (χ1v) is 10.1.